The Morgan fingerprint density at radius 1 is 1.35 bits per heavy atom. The van der Waals surface area contributed by atoms with Crippen molar-refractivity contribution in [1.82, 2.24) is 9.80 Å². The van der Waals surface area contributed by atoms with Crippen LogP contribution in [0.4, 0.5) is 5.69 Å². The molecule has 0 aliphatic carbocycles. The number of amides is 1. The summed E-state index contributed by atoms with van der Waals surface area (Å²) in [5, 5.41) is 3.48. The number of hydrogen-bond acceptors (Lipinski definition) is 3. The van der Waals surface area contributed by atoms with Crippen LogP contribution in [0, 0.1) is 5.92 Å². The van der Waals surface area contributed by atoms with Crippen molar-refractivity contribution >= 4 is 11.6 Å². The van der Waals surface area contributed by atoms with Crippen LogP contribution >= 0.6 is 0 Å². The monoisotopic (exact) mass is 275 g/mol. The van der Waals surface area contributed by atoms with E-state index >= 15 is 0 Å². The maximum Gasteiger partial charge on any atom is 0.253 e. The van der Waals surface area contributed by atoms with Crippen LogP contribution in [0.15, 0.2) is 24.3 Å². The molecule has 1 heterocycles. The van der Waals surface area contributed by atoms with E-state index in [1.807, 2.05) is 24.3 Å². The first-order valence-electron chi connectivity index (χ1n) is 7.30. The molecular weight excluding hydrogens is 250 g/mol. The minimum absolute atomic E-state index is 0.0467. The zero-order valence-electron chi connectivity index (χ0n) is 12.7. The molecule has 0 aromatic heterocycles. The molecule has 1 atom stereocenters. The van der Waals surface area contributed by atoms with Crippen molar-refractivity contribution in [2.75, 3.05) is 46.1 Å². The topological polar surface area (TPSA) is 35.6 Å². The van der Waals surface area contributed by atoms with Gasteiger partial charge in [0.25, 0.3) is 5.91 Å². The summed E-state index contributed by atoms with van der Waals surface area (Å²) in [7, 11) is 5.73. The number of hydrogen-bond donors (Lipinski definition) is 1. The van der Waals surface area contributed by atoms with Gasteiger partial charge in [-0.2, -0.15) is 0 Å². The number of carbonyl (C=O) groups is 1. The van der Waals surface area contributed by atoms with E-state index in [1.54, 1.807) is 19.0 Å². The molecular formula is C16H25N3O. The first kappa shape index (κ1) is 14.9. The highest BCUT2D eigenvalue weighted by atomic mass is 16.2. The van der Waals surface area contributed by atoms with Crippen LogP contribution < -0.4 is 5.32 Å². The molecule has 1 unspecified atom stereocenters. The highest BCUT2D eigenvalue weighted by Crippen LogP contribution is 2.17. The summed E-state index contributed by atoms with van der Waals surface area (Å²) in [6.07, 6.45) is 2.59. The van der Waals surface area contributed by atoms with Gasteiger partial charge in [-0.05, 0) is 56.6 Å². The van der Waals surface area contributed by atoms with Crippen molar-refractivity contribution in [3.8, 4) is 0 Å². The van der Waals surface area contributed by atoms with Crippen molar-refractivity contribution in [1.29, 1.82) is 0 Å². The highest BCUT2D eigenvalue weighted by molar-refractivity contribution is 5.94. The Labute approximate surface area is 121 Å². The summed E-state index contributed by atoms with van der Waals surface area (Å²) in [5.74, 6) is 0.766. The van der Waals surface area contributed by atoms with E-state index in [0.717, 1.165) is 23.7 Å². The number of nitrogens with zero attached hydrogens (tertiary/aromatic N) is 2. The molecule has 1 saturated heterocycles. The van der Waals surface area contributed by atoms with Crippen LogP contribution in [-0.4, -0.2) is 56.5 Å². The first-order chi connectivity index (χ1) is 9.56. The molecule has 1 aliphatic rings. The molecule has 0 spiro atoms. The molecule has 20 heavy (non-hydrogen) atoms. The van der Waals surface area contributed by atoms with Gasteiger partial charge in [-0.15, -0.1) is 0 Å². The van der Waals surface area contributed by atoms with Crippen molar-refractivity contribution < 1.29 is 4.79 Å². The fourth-order valence-electron chi connectivity index (χ4n) is 2.69. The zero-order valence-corrected chi connectivity index (χ0v) is 12.7. The van der Waals surface area contributed by atoms with Gasteiger partial charge >= 0.3 is 0 Å². The Kier molecular flexibility index (Phi) is 5.01. The summed E-state index contributed by atoms with van der Waals surface area (Å²) in [4.78, 5) is 15.8. The molecule has 0 radical (unpaired) electrons. The summed E-state index contributed by atoms with van der Waals surface area (Å²) in [6, 6.07) is 7.75. The molecule has 1 aromatic carbocycles. The number of piperidine rings is 1. The Balaban J connectivity index is 1.86. The number of rotatable bonds is 4. The quantitative estimate of drug-likeness (QED) is 0.914. The second kappa shape index (κ2) is 6.75. The number of anilines is 1. The number of nitrogens with one attached hydrogen (secondary N) is 1. The number of carbonyl (C=O) groups excluding carboxylic acids is 1. The van der Waals surface area contributed by atoms with Gasteiger partial charge in [-0.3, -0.25) is 4.79 Å². The second-order valence-corrected chi connectivity index (χ2v) is 5.93. The molecule has 1 aromatic rings. The Bertz CT molecular complexity index is 442. The van der Waals surface area contributed by atoms with E-state index in [2.05, 4.69) is 17.3 Å². The Hall–Kier alpha value is -1.55. The smallest absolute Gasteiger partial charge is 0.253 e. The van der Waals surface area contributed by atoms with Gasteiger partial charge in [0, 0.05) is 38.4 Å². The Morgan fingerprint density at radius 2 is 2.05 bits per heavy atom. The summed E-state index contributed by atoms with van der Waals surface area (Å²) >= 11 is 0. The minimum atomic E-state index is 0.0467. The van der Waals surface area contributed by atoms with Crippen molar-refractivity contribution in [2.24, 2.45) is 5.92 Å². The predicted octanol–water partition coefficient (Wildman–Crippen LogP) is 2.14. The minimum Gasteiger partial charge on any atom is -0.385 e. The van der Waals surface area contributed by atoms with Crippen LogP contribution in [0.25, 0.3) is 0 Å². The summed E-state index contributed by atoms with van der Waals surface area (Å²) < 4.78 is 0. The molecule has 1 N–H and O–H groups in total. The molecule has 2 rings (SSSR count). The van der Waals surface area contributed by atoms with Gasteiger partial charge < -0.3 is 15.1 Å². The van der Waals surface area contributed by atoms with E-state index < -0.39 is 0 Å². The third-order valence-corrected chi connectivity index (χ3v) is 3.85. The number of benzene rings is 1. The molecule has 0 bridgehead atoms. The van der Waals surface area contributed by atoms with Crippen LogP contribution in [0.1, 0.15) is 23.2 Å². The fourth-order valence-corrected chi connectivity index (χ4v) is 2.69. The standard InChI is InChI=1S/C16H25N3O/c1-18(2)16(20)14-6-8-15(9-7-14)17-11-13-5-4-10-19(3)12-13/h6-9,13,17H,4-5,10-12H2,1-3H3. The van der Waals surface area contributed by atoms with E-state index in [0.29, 0.717) is 0 Å². The van der Waals surface area contributed by atoms with Gasteiger partial charge in [0.1, 0.15) is 0 Å². The van der Waals surface area contributed by atoms with Gasteiger partial charge in [-0.1, -0.05) is 0 Å². The third-order valence-electron chi connectivity index (χ3n) is 3.85. The average Bonchev–Trinajstić information content (AvgIpc) is 2.45. The van der Waals surface area contributed by atoms with Crippen LogP contribution in [0.5, 0.6) is 0 Å². The summed E-state index contributed by atoms with van der Waals surface area (Å²) in [5.41, 5.74) is 1.83. The lowest BCUT2D eigenvalue weighted by molar-refractivity contribution is 0.0827. The zero-order chi connectivity index (χ0) is 14.5. The maximum absolute atomic E-state index is 11.8. The lowest BCUT2D eigenvalue weighted by atomic mass is 9.98. The van der Waals surface area contributed by atoms with E-state index in [9.17, 15) is 4.79 Å². The SMILES string of the molecule is CN1CCCC(CNc2ccc(C(=O)N(C)C)cc2)C1. The highest BCUT2D eigenvalue weighted by Gasteiger charge is 2.16. The summed E-state index contributed by atoms with van der Waals surface area (Å²) in [6.45, 7) is 3.40. The lowest BCUT2D eigenvalue weighted by Crippen LogP contribution is -2.35. The molecule has 1 amide bonds. The largest absolute Gasteiger partial charge is 0.385 e. The van der Waals surface area contributed by atoms with Crippen LogP contribution in [-0.2, 0) is 0 Å². The van der Waals surface area contributed by atoms with Crippen molar-refractivity contribution in [3.05, 3.63) is 29.8 Å². The van der Waals surface area contributed by atoms with Gasteiger partial charge in [0.15, 0.2) is 0 Å². The third kappa shape index (κ3) is 3.97. The van der Waals surface area contributed by atoms with Gasteiger partial charge in [0.2, 0.25) is 0 Å². The van der Waals surface area contributed by atoms with Crippen LogP contribution in [0.2, 0.25) is 0 Å². The molecule has 1 aliphatic heterocycles. The van der Waals surface area contributed by atoms with Gasteiger partial charge in [-0.25, -0.2) is 0 Å². The lowest BCUT2D eigenvalue weighted by Gasteiger charge is -2.30. The second-order valence-electron chi connectivity index (χ2n) is 5.93. The van der Waals surface area contributed by atoms with E-state index in [1.165, 1.54) is 25.9 Å². The van der Waals surface area contributed by atoms with Crippen molar-refractivity contribution in [3.63, 3.8) is 0 Å². The van der Waals surface area contributed by atoms with Gasteiger partial charge in [0.05, 0.1) is 0 Å². The molecule has 4 heteroatoms. The molecule has 1 fully saturated rings. The normalized spacial score (nSPS) is 19.6. The average molecular weight is 275 g/mol. The first-order valence-corrected chi connectivity index (χ1v) is 7.30. The van der Waals surface area contributed by atoms with Crippen molar-refractivity contribution in [2.45, 2.75) is 12.8 Å². The molecule has 110 valence electrons. The maximum atomic E-state index is 11.8. The predicted molar refractivity (Wildman–Crippen MR) is 83.2 cm³/mol. The van der Waals surface area contributed by atoms with Crippen LogP contribution in [0.3, 0.4) is 0 Å². The molecule has 4 nitrogen and oxygen atoms in total. The van der Waals surface area contributed by atoms with E-state index in [-0.39, 0.29) is 5.91 Å². The fraction of sp³-hybridized carbons (Fsp3) is 0.562. The van der Waals surface area contributed by atoms with E-state index in [4.69, 9.17) is 0 Å². The molecule has 0 saturated carbocycles. The Morgan fingerprint density at radius 3 is 2.65 bits per heavy atom. The number of likely N-dealkylation sites (tertiary alicyclic amines) is 1.